The lowest BCUT2D eigenvalue weighted by atomic mass is 10.2. The second-order valence-corrected chi connectivity index (χ2v) is 5.56. The van der Waals surface area contributed by atoms with Crippen molar-refractivity contribution < 1.29 is 9.66 Å². The molecule has 0 unspecified atom stereocenters. The van der Waals surface area contributed by atoms with Gasteiger partial charge in [0, 0.05) is 27.7 Å². The van der Waals surface area contributed by atoms with Crippen LogP contribution in [0.15, 0.2) is 40.9 Å². The molecule has 0 heterocycles. The molecule has 0 aliphatic rings. The van der Waals surface area contributed by atoms with Crippen molar-refractivity contribution >= 4 is 33.2 Å². The van der Waals surface area contributed by atoms with Crippen LogP contribution in [0.25, 0.3) is 0 Å². The molecular weight excluding hydrogens is 360 g/mol. The molecule has 21 heavy (non-hydrogen) atoms. The third-order valence-corrected chi connectivity index (χ3v) is 3.75. The van der Waals surface area contributed by atoms with E-state index in [0.29, 0.717) is 26.4 Å². The summed E-state index contributed by atoms with van der Waals surface area (Å²) in [5, 5.41) is 11.6. The minimum Gasteiger partial charge on any atom is -0.488 e. The van der Waals surface area contributed by atoms with E-state index in [1.54, 1.807) is 30.3 Å². The Bertz CT molecular complexity index is 679. The number of nitro groups is 1. The average Bonchev–Trinajstić information content (AvgIpc) is 2.45. The van der Waals surface area contributed by atoms with Crippen LogP contribution in [0.1, 0.15) is 11.1 Å². The molecule has 0 atom stereocenters. The smallest absolute Gasteiger partial charge is 0.277 e. The number of nitro benzene ring substituents is 1. The highest BCUT2D eigenvalue weighted by Crippen LogP contribution is 2.29. The molecule has 0 bridgehead atoms. The van der Waals surface area contributed by atoms with Gasteiger partial charge in [-0.25, -0.2) is 0 Å². The van der Waals surface area contributed by atoms with Crippen LogP contribution in [0.3, 0.4) is 0 Å². The van der Waals surface area contributed by atoms with Crippen LogP contribution in [0.5, 0.6) is 5.75 Å². The number of hydrogen-bond acceptors (Lipinski definition) is 4. The second kappa shape index (κ2) is 6.89. The molecule has 0 radical (unpaired) electrons. The number of hydrogen-bond donors (Lipinski definition) is 1. The van der Waals surface area contributed by atoms with E-state index in [-0.39, 0.29) is 18.8 Å². The molecule has 0 aliphatic carbocycles. The van der Waals surface area contributed by atoms with Gasteiger partial charge in [0.05, 0.1) is 10.5 Å². The number of rotatable bonds is 5. The van der Waals surface area contributed by atoms with Crippen molar-refractivity contribution in [1.82, 2.24) is 0 Å². The van der Waals surface area contributed by atoms with Gasteiger partial charge >= 0.3 is 0 Å². The van der Waals surface area contributed by atoms with Gasteiger partial charge in [-0.2, -0.15) is 0 Å². The van der Waals surface area contributed by atoms with Gasteiger partial charge in [-0.1, -0.05) is 33.6 Å². The van der Waals surface area contributed by atoms with Crippen LogP contribution in [0.2, 0.25) is 5.02 Å². The Labute approximate surface area is 134 Å². The van der Waals surface area contributed by atoms with Crippen molar-refractivity contribution in [2.45, 2.75) is 13.2 Å². The summed E-state index contributed by atoms with van der Waals surface area (Å²) in [4.78, 5) is 10.6. The minimum absolute atomic E-state index is 0.000650. The highest BCUT2D eigenvalue weighted by Gasteiger charge is 2.15. The Kier molecular flexibility index (Phi) is 5.17. The summed E-state index contributed by atoms with van der Waals surface area (Å²) in [6, 6.07) is 10.0. The highest BCUT2D eigenvalue weighted by molar-refractivity contribution is 9.10. The molecule has 5 nitrogen and oxygen atoms in total. The lowest BCUT2D eigenvalue weighted by Gasteiger charge is -2.12. The van der Waals surface area contributed by atoms with Crippen molar-refractivity contribution in [3.05, 3.63) is 67.1 Å². The van der Waals surface area contributed by atoms with E-state index in [2.05, 4.69) is 15.9 Å². The standard InChI is InChI=1S/C14H12BrClN2O3/c15-10-5-4-9(13(6-10)18(19)20)8-21-14-3-1-2-12(16)11(14)7-17/h1-6H,7-8,17H2. The lowest BCUT2D eigenvalue weighted by Crippen LogP contribution is -2.05. The summed E-state index contributed by atoms with van der Waals surface area (Å²) < 4.78 is 6.28. The molecule has 2 aromatic carbocycles. The molecule has 2 N–H and O–H groups in total. The molecule has 110 valence electrons. The monoisotopic (exact) mass is 370 g/mol. The van der Waals surface area contributed by atoms with Gasteiger partial charge in [0.25, 0.3) is 5.69 Å². The molecule has 0 fully saturated rings. The molecule has 0 saturated heterocycles. The maximum atomic E-state index is 11.1. The summed E-state index contributed by atoms with van der Waals surface area (Å²) in [5.74, 6) is 0.530. The summed E-state index contributed by atoms with van der Waals surface area (Å²) in [7, 11) is 0. The zero-order chi connectivity index (χ0) is 15.4. The van der Waals surface area contributed by atoms with Gasteiger partial charge in [-0.05, 0) is 24.3 Å². The molecule has 0 saturated carbocycles. The van der Waals surface area contributed by atoms with Gasteiger partial charge < -0.3 is 10.5 Å². The largest absolute Gasteiger partial charge is 0.488 e. The third-order valence-electron chi connectivity index (χ3n) is 2.91. The van der Waals surface area contributed by atoms with E-state index in [1.807, 2.05) is 0 Å². The van der Waals surface area contributed by atoms with Crippen LogP contribution < -0.4 is 10.5 Å². The molecule has 0 amide bonds. The van der Waals surface area contributed by atoms with Gasteiger partial charge in [0.15, 0.2) is 0 Å². The SMILES string of the molecule is NCc1c(Cl)cccc1OCc1ccc(Br)cc1[N+](=O)[O-]. The first-order valence-electron chi connectivity index (χ1n) is 6.06. The van der Waals surface area contributed by atoms with Crippen molar-refractivity contribution in [3.8, 4) is 5.75 Å². The molecule has 0 aromatic heterocycles. The van der Waals surface area contributed by atoms with E-state index < -0.39 is 4.92 Å². The van der Waals surface area contributed by atoms with E-state index in [4.69, 9.17) is 22.1 Å². The average molecular weight is 372 g/mol. The number of halogens is 2. The first-order valence-corrected chi connectivity index (χ1v) is 7.23. The lowest BCUT2D eigenvalue weighted by molar-refractivity contribution is -0.385. The maximum absolute atomic E-state index is 11.1. The molecule has 0 spiro atoms. The Morgan fingerprint density at radius 1 is 1.33 bits per heavy atom. The highest BCUT2D eigenvalue weighted by atomic mass is 79.9. The zero-order valence-electron chi connectivity index (χ0n) is 10.9. The first-order chi connectivity index (χ1) is 10.0. The molecule has 2 aromatic rings. The molecule has 0 aliphatic heterocycles. The normalized spacial score (nSPS) is 10.4. The van der Waals surface area contributed by atoms with Crippen LogP contribution in [-0.4, -0.2) is 4.92 Å². The fourth-order valence-corrected chi connectivity index (χ4v) is 2.45. The predicted molar refractivity (Wildman–Crippen MR) is 84.5 cm³/mol. The Balaban J connectivity index is 2.25. The molecule has 2 rings (SSSR count). The first kappa shape index (κ1) is 15.8. The van der Waals surface area contributed by atoms with Gasteiger partial charge in [0.1, 0.15) is 12.4 Å². The summed E-state index contributed by atoms with van der Waals surface area (Å²) in [6.45, 7) is 0.300. The van der Waals surface area contributed by atoms with Crippen molar-refractivity contribution in [2.24, 2.45) is 5.73 Å². The van der Waals surface area contributed by atoms with Crippen LogP contribution in [0.4, 0.5) is 5.69 Å². The van der Waals surface area contributed by atoms with Gasteiger partial charge in [-0.15, -0.1) is 0 Å². The van der Waals surface area contributed by atoms with E-state index in [1.165, 1.54) is 6.07 Å². The van der Waals surface area contributed by atoms with Crippen molar-refractivity contribution in [3.63, 3.8) is 0 Å². The van der Waals surface area contributed by atoms with E-state index in [0.717, 1.165) is 0 Å². The van der Waals surface area contributed by atoms with Gasteiger partial charge in [-0.3, -0.25) is 10.1 Å². The van der Waals surface area contributed by atoms with E-state index in [9.17, 15) is 10.1 Å². The number of benzene rings is 2. The Hall–Kier alpha value is -1.63. The maximum Gasteiger partial charge on any atom is 0.277 e. The molecule has 7 heteroatoms. The molecular formula is C14H12BrClN2O3. The summed E-state index contributed by atoms with van der Waals surface area (Å²) in [6.07, 6.45) is 0. The quantitative estimate of drug-likeness (QED) is 0.635. The number of nitrogens with zero attached hydrogens (tertiary/aromatic N) is 1. The summed E-state index contributed by atoms with van der Waals surface area (Å²) in [5.41, 5.74) is 6.80. The van der Waals surface area contributed by atoms with Gasteiger partial charge in [0.2, 0.25) is 0 Å². The summed E-state index contributed by atoms with van der Waals surface area (Å²) >= 11 is 9.25. The van der Waals surface area contributed by atoms with Crippen LogP contribution >= 0.6 is 27.5 Å². The van der Waals surface area contributed by atoms with E-state index >= 15 is 0 Å². The minimum atomic E-state index is -0.439. The fraction of sp³-hybridized carbons (Fsp3) is 0.143. The predicted octanol–water partition coefficient (Wildman–Crippen LogP) is 4.05. The fourth-order valence-electron chi connectivity index (χ4n) is 1.86. The zero-order valence-corrected chi connectivity index (χ0v) is 13.2. The number of nitrogens with two attached hydrogens (primary N) is 1. The Morgan fingerprint density at radius 2 is 2.10 bits per heavy atom. The van der Waals surface area contributed by atoms with Crippen molar-refractivity contribution in [1.29, 1.82) is 0 Å². The van der Waals surface area contributed by atoms with Crippen molar-refractivity contribution in [2.75, 3.05) is 0 Å². The second-order valence-electron chi connectivity index (χ2n) is 4.24. The Morgan fingerprint density at radius 3 is 2.76 bits per heavy atom. The third kappa shape index (κ3) is 3.72. The van der Waals surface area contributed by atoms with Crippen LogP contribution in [0, 0.1) is 10.1 Å². The number of ether oxygens (including phenoxy) is 1. The van der Waals surface area contributed by atoms with Crippen LogP contribution in [-0.2, 0) is 13.2 Å². The topological polar surface area (TPSA) is 78.4 Å².